The fraction of sp³-hybridized carbons (Fsp3) is 0.300. The second-order valence-electron chi connectivity index (χ2n) is 6.78. The second-order valence-corrected chi connectivity index (χ2v) is 8.79. The number of halogens is 1. The first-order valence-electron chi connectivity index (χ1n) is 8.61. The molecule has 4 rings (SSSR count). The summed E-state index contributed by atoms with van der Waals surface area (Å²) >= 11 is 0. The molecule has 4 nitrogen and oxygen atoms in total. The molecule has 0 amide bonds. The van der Waals surface area contributed by atoms with Crippen molar-refractivity contribution in [2.24, 2.45) is 0 Å². The molecule has 26 heavy (non-hydrogen) atoms. The lowest BCUT2D eigenvalue weighted by Gasteiger charge is -2.15. The molecule has 0 spiro atoms. The number of sulfone groups is 1. The van der Waals surface area contributed by atoms with Gasteiger partial charge in [-0.1, -0.05) is 12.1 Å². The van der Waals surface area contributed by atoms with E-state index in [9.17, 15) is 12.8 Å². The number of hydrogen-bond donors (Lipinski definition) is 0. The van der Waals surface area contributed by atoms with Gasteiger partial charge in [0.1, 0.15) is 5.82 Å². The summed E-state index contributed by atoms with van der Waals surface area (Å²) in [5.41, 5.74) is 2.97. The van der Waals surface area contributed by atoms with Gasteiger partial charge in [-0.05, 0) is 54.8 Å². The van der Waals surface area contributed by atoms with Gasteiger partial charge in [-0.25, -0.2) is 12.8 Å². The maximum Gasteiger partial charge on any atom is 0.175 e. The Morgan fingerprint density at radius 2 is 1.92 bits per heavy atom. The highest BCUT2D eigenvalue weighted by Crippen LogP contribution is 2.34. The summed E-state index contributed by atoms with van der Waals surface area (Å²) in [5, 5.41) is 0.875. The van der Waals surface area contributed by atoms with Crippen LogP contribution in [-0.2, 0) is 21.1 Å². The molecule has 0 aliphatic carbocycles. The largest absolute Gasteiger partial charge is 0.372 e. The minimum absolute atomic E-state index is 0.00420. The number of rotatable bonds is 4. The Morgan fingerprint density at radius 1 is 1.15 bits per heavy atom. The normalized spacial score (nSPS) is 17.8. The maximum absolute atomic E-state index is 13.2. The Balaban J connectivity index is 1.84. The molecule has 1 saturated heterocycles. The highest BCUT2D eigenvalue weighted by molar-refractivity contribution is 7.90. The van der Waals surface area contributed by atoms with E-state index in [0.29, 0.717) is 11.4 Å². The fourth-order valence-corrected chi connectivity index (χ4v) is 4.18. The van der Waals surface area contributed by atoms with E-state index in [0.717, 1.165) is 41.6 Å². The van der Waals surface area contributed by atoms with Crippen LogP contribution in [0, 0.1) is 5.82 Å². The molecule has 0 saturated carbocycles. The Hall–Kier alpha value is -2.18. The molecule has 6 heteroatoms. The van der Waals surface area contributed by atoms with Crippen LogP contribution in [0.4, 0.5) is 4.39 Å². The van der Waals surface area contributed by atoms with E-state index >= 15 is 0 Å². The SMILES string of the molecule is CS(=O)(=O)c1ccc2c(c1)cc(C1CCCO1)n2Cc1ccc(F)cc1. The molecule has 1 aliphatic heterocycles. The molecule has 1 aliphatic rings. The van der Waals surface area contributed by atoms with Crippen molar-refractivity contribution in [2.45, 2.75) is 30.4 Å². The summed E-state index contributed by atoms with van der Waals surface area (Å²) in [7, 11) is -3.26. The van der Waals surface area contributed by atoms with Crippen LogP contribution in [0.5, 0.6) is 0 Å². The topological polar surface area (TPSA) is 48.3 Å². The van der Waals surface area contributed by atoms with E-state index in [2.05, 4.69) is 4.57 Å². The number of benzene rings is 2. The molecule has 0 radical (unpaired) electrons. The summed E-state index contributed by atoms with van der Waals surface area (Å²) in [6, 6.07) is 13.7. The predicted molar refractivity (Wildman–Crippen MR) is 98.5 cm³/mol. The van der Waals surface area contributed by atoms with Crippen LogP contribution in [0.25, 0.3) is 10.9 Å². The van der Waals surface area contributed by atoms with Crippen LogP contribution in [0.1, 0.15) is 30.2 Å². The Kier molecular flexibility index (Phi) is 4.32. The average molecular weight is 373 g/mol. The first kappa shape index (κ1) is 17.2. The highest BCUT2D eigenvalue weighted by Gasteiger charge is 2.23. The van der Waals surface area contributed by atoms with Crippen molar-refractivity contribution in [1.29, 1.82) is 0 Å². The van der Waals surface area contributed by atoms with Crippen molar-refractivity contribution < 1.29 is 17.5 Å². The van der Waals surface area contributed by atoms with Crippen molar-refractivity contribution >= 4 is 20.7 Å². The summed E-state index contributed by atoms with van der Waals surface area (Å²) in [6.07, 6.45) is 3.17. The molecule has 1 fully saturated rings. The zero-order valence-corrected chi connectivity index (χ0v) is 15.3. The molecule has 0 bridgehead atoms. The van der Waals surface area contributed by atoms with Gasteiger partial charge in [-0.3, -0.25) is 0 Å². The monoisotopic (exact) mass is 373 g/mol. The molecular formula is C20H20FNO3S. The Bertz CT molecular complexity index is 1050. The minimum Gasteiger partial charge on any atom is -0.372 e. The van der Waals surface area contributed by atoms with E-state index < -0.39 is 9.84 Å². The van der Waals surface area contributed by atoms with E-state index in [-0.39, 0.29) is 11.9 Å². The first-order valence-corrected chi connectivity index (χ1v) is 10.5. The molecule has 3 aromatic rings. The number of nitrogens with zero attached hydrogens (tertiary/aromatic N) is 1. The van der Waals surface area contributed by atoms with Gasteiger partial charge >= 0.3 is 0 Å². The lowest BCUT2D eigenvalue weighted by Crippen LogP contribution is -2.08. The van der Waals surface area contributed by atoms with Gasteiger partial charge in [0, 0.05) is 36.0 Å². The lowest BCUT2D eigenvalue weighted by molar-refractivity contribution is 0.106. The van der Waals surface area contributed by atoms with Gasteiger partial charge in [0.15, 0.2) is 9.84 Å². The van der Waals surface area contributed by atoms with Crippen molar-refractivity contribution in [2.75, 3.05) is 12.9 Å². The zero-order chi connectivity index (χ0) is 18.3. The van der Waals surface area contributed by atoms with Gasteiger partial charge in [0.25, 0.3) is 0 Å². The standard InChI is InChI=1S/C20H20FNO3S/c1-26(23,24)17-8-9-18-15(11-17)12-19(20-3-2-10-25-20)22(18)13-14-4-6-16(21)7-5-14/h4-9,11-12,20H,2-3,10,13H2,1H3. The Morgan fingerprint density at radius 3 is 2.58 bits per heavy atom. The third-order valence-electron chi connectivity index (χ3n) is 4.85. The number of ether oxygens (including phenoxy) is 1. The molecule has 0 N–H and O–H groups in total. The smallest absolute Gasteiger partial charge is 0.175 e. The van der Waals surface area contributed by atoms with Gasteiger partial charge in [-0.15, -0.1) is 0 Å². The van der Waals surface area contributed by atoms with Crippen LogP contribution >= 0.6 is 0 Å². The van der Waals surface area contributed by atoms with Crippen LogP contribution < -0.4 is 0 Å². The number of aromatic nitrogens is 1. The fourth-order valence-electron chi connectivity index (χ4n) is 3.53. The van der Waals surface area contributed by atoms with Crippen LogP contribution in [0.15, 0.2) is 53.4 Å². The molecule has 1 atom stereocenters. The van der Waals surface area contributed by atoms with Crippen molar-refractivity contribution in [3.8, 4) is 0 Å². The van der Waals surface area contributed by atoms with Gasteiger partial charge in [0.2, 0.25) is 0 Å². The molecule has 136 valence electrons. The first-order chi connectivity index (χ1) is 12.4. The minimum atomic E-state index is -3.26. The maximum atomic E-state index is 13.2. The van der Waals surface area contributed by atoms with E-state index in [1.807, 2.05) is 12.1 Å². The van der Waals surface area contributed by atoms with Crippen LogP contribution in [0.3, 0.4) is 0 Å². The van der Waals surface area contributed by atoms with Crippen molar-refractivity contribution in [3.63, 3.8) is 0 Å². The molecule has 2 heterocycles. The summed E-state index contributed by atoms with van der Waals surface area (Å²) in [4.78, 5) is 0.308. The van der Waals surface area contributed by atoms with Crippen molar-refractivity contribution in [3.05, 3.63) is 65.6 Å². The quantitative estimate of drug-likeness (QED) is 0.692. The Labute approximate surface area is 152 Å². The van der Waals surface area contributed by atoms with Gasteiger partial charge < -0.3 is 9.30 Å². The number of hydrogen-bond acceptors (Lipinski definition) is 3. The highest BCUT2D eigenvalue weighted by atomic mass is 32.2. The van der Waals surface area contributed by atoms with Crippen LogP contribution in [0.2, 0.25) is 0 Å². The van der Waals surface area contributed by atoms with Gasteiger partial charge in [0.05, 0.1) is 11.0 Å². The average Bonchev–Trinajstić information content (AvgIpc) is 3.24. The zero-order valence-electron chi connectivity index (χ0n) is 14.5. The molecule has 1 unspecified atom stereocenters. The summed E-state index contributed by atoms with van der Waals surface area (Å²) in [6.45, 7) is 1.31. The molecule has 1 aromatic heterocycles. The van der Waals surface area contributed by atoms with E-state index in [1.54, 1.807) is 24.3 Å². The summed E-state index contributed by atoms with van der Waals surface area (Å²) in [5.74, 6) is -0.261. The van der Waals surface area contributed by atoms with E-state index in [4.69, 9.17) is 4.74 Å². The molecular weight excluding hydrogens is 353 g/mol. The van der Waals surface area contributed by atoms with Crippen LogP contribution in [-0.4, -0.2) is 25.8 Å². The predicted octanol–water partition coefficient (Wildman–Crippen LogP) is 4.08. The van der Waals surface area contributed by atoms with Gasteiger partial charge in [-0.2, -0.15) is 0 Å². The lowest BCUT2D eigenvalue weighted by atomic mass is 10.1. The molecule has 2 aromatic carbocycles. The third kappa shape index (κ3) is 3.27. The second kappa shape index (κ2) is 6.52. The number of fused-ring (bicyclic) bond motifs is 1. The van der Waals surface area contributed by atoms with Crippen molar-refractivity contribution in [1.82, 2.24) is 4.57 Å². The summed E-state index contributed by atoms with van der Waals surface area (Å²) < 4.78 is 45.0. The third-order valence-corrected chi connectivity index (χ3v) is 5.96. The van der Waals surface area contributed by atoms with E-state index in [1.165, 1.54) is 18.4 Å².